The molecule has 1 saturated heterocycles. The van der Waals surface area contributed by atoms with Gasteiger partial charge in [0.05, 0.1) is 23.8 Å². The van der Waals surface area contributed by atoms with Crippen LogP contribution in [0.4, 0.5) is 0 Å². The van der Waals surface area contributed by atoms with Crippen molar-refractivity contribution in [1.29, 1.82) is 0 Å². The van der Waals surface area contributed by atoms with E-state index >= 15 is 0 Å². The SMILES string of the molecule is CCNC(c1cccc2cccnc12)C1CCC(C)O1. The second kappa shape index (κ2) is 5.90. The maximum absolute atomic E-state index is 6.09. The Morgan fingerprint density at radius 3 is 2.90 bits per heavy atom. The molecule has 0 spiro atoms. The summed E-state index contributed by atoms with van der Waals surface area (Å²) in [5, 5.41) is 4.78. The second-order valence-corrected chi connectivity index (χ2v) is 5.52. The standard InChI is InChI=1S/C17H22N2O/c1-3-18-17(15-10-9-12(2)20-15)14-8-4-6-13-7-5-11-19-16(13)14/h4-8,11-12,15,17-18H,3,9-10H2,1-2H3. The third kappa shape index (κ3) is 2.56. The number of fused-ring (bicyclic) bond motifs is 1. The van der Waals surface area contributed by atoms with Crippen LogP contribution in [0.25, 0.3) is 10.9 Å². The first-order valence-electron chi connectivity index (χ1n) is 7.52. The molecule has 0 saturated carbocycles. The number of nitrogens with zero attached hydrogens (tertiary/aromatic N) is 1. The first kappa shape index (κ1) is 13.5. The zero-order valence-corrected chi connectivity index (χ0v) is 12.2. The van der Waals surface area contributed by atoms with Crippen molar-refractivity contribution in [2.24, 2.45) is 0 Å². The predicted molar refractivity (Wildman–Crippen MR) is 81.7 cm³/mol. The van der Waals surface area contributed by atoms with Crippen LogP contribution in [-0.4, -0.2) is 23.7 Å². The fourth-order valence-electron chi connectivity index (χ4n) is 3.12. The molecule has 1 N–H and O–H groups in total. The smallest absolute Gasteiger partial charge is 0.0775 e. The highest BCUT2D eigenvalue weighted by Crippen LogP contribution is 2.32. The largest absolute Gasteiger partial charge is 0.373 e. The summed E-state index contributed by atoms with van der Waals surface area (Å²) >= 11 is 0. The maximum atomic E-state index is 6.09. The first-order valence-corrected chi connectivity index (χ1v) is 7.52. The average molecular weight is 270 g/mol. The molecule has 0 aliphatic carbocycles. The average Bonchev–Trinajstić information content (AvgIpc) is 2.91. The minimum atomic E-state index is 0.226. The first-order chi connectivity index (χ1) is 9.79. The van der Waals surface area contributed by atoms with Gasteiger partial charge in [-0.2, -0.15) is 0 Å². The van der Waals surface area contributed by atoms with Gasteiger partial charge < -0.3 is 10.1 Å². The topological polar surface area (TPSA) is 34.2 Å². The molecule has 106 valence electrons. The van der Waals surface area contributed by atoms with Crippen molar-refractivity contribution in [3.05, 3.63) is 42.1 Å². The van der Waals surface area contributed by atoms with Crippen LogP contribution in [0.1, 0.15) is 38.3 Å². The number of hydrogen-bond acceptors (Lipinski definition) is 3. The van der Waals surface area contributed by atoms with Gasteiger partial charge >= 0.3 is 0 Å². The third-order valence-electron chi connectivity index (χ3n) is 4.06. The molecule has 0 amide bonds. The number of benzene rings is 1. The quantitative estimate of drug-likeness (QED) is 0.924. The fraction of sp³-hybridized carbons (Fsp3) is 0.471. The van der Waals surface area contributed by atoms with E-state index in [-0.39, 0.29) is 12.1 Å². The Labute approximate surface area is 120 Å². The van der Waals surface area contributed by atoms with E-state index in [0.717, 1.165) is 24.9 Å². The summed E-state index contributed by atoms with van der Waals surface area (Å²) in [7, 11) is 0. The molecule has 0 bridgehead atoms. The van der Waals surface area contributed by atoms with E-state index in [0.29, 0.717) is 6.10 Å². The Balaban J connectivity index is 2.01. The molecular weight excluding hydrogens is 248 g/mol. The van der Waals surface area contributed by atoms with Crippen molar-refractivity contribution >= 4 is 10.9 Å². The molecule has 3 atom stereocenters. The highest BCUT2D eigenvalue weighted by atomic mass is 16.5. The van der Waals surface area contributed by atoms with Crippen LogP contribution in [0.3, 0.4) is 0 Å². The monoisotopic (exact) mass is 270 g/mol. The molecule has 1 aliphatic rings. The molecule has 1 aromatic carbocycles. The molecular formula is C17H22N2O. The van der Waals surface area contributed by atoms with Crippen molar-refractivity contribution < 1.29 is 4.74 Å². The Kier molecular flexibility index (Phi) is 3.99. The van der Waals surface area contributed by atoms with Gasteiger partial charge in [0.25, 0.3) is 0 Å². The second-order valence-electron chi connectivity index (χ2n) is 5.52. The lowest BCUT2D eigenvalue weighted by Gasteiger charge is -2.25. The van der Waals surface area contributed by atoms with E-state index in [2.05, 4.69) is 48.4 Å². The highest BCUT2D eigenvalue weighted by molar-refractivity contribution is 5.82. The summed E-state index contributed by atoms with van der Waals surface area (Å²) in [6.45, 7) is 5.23. The van der Waals surface area contributed by atoms with Gasteiger partial charge in [-0.3, -0.25) is 4.98 Å². The summed E-state index contributed by atoms with van der Waals surface area (Å²) in [6, 6.07) is 10.7. The van der Waals surface area contributed by atoms with Gasteiger partial charge in [0, 0.05) is 11.6 Å². The molecule has 1 aromatic heterocycles. The minimum absolute atomic E-state index is 0.226. The van der Waals surface area contributed by atoms with E-state index in [1.165, 1.54) is 10.9 Å². The summed E-state index contributed by atoms with van der Waals surface area (Å²) in [6.07, 6.45) is 4.74. The number of pyridine rings is 1. The molecule has 3 heteroatoms. The molecule has 3 nitrogen and oxygen atoms in total. The van der Waals surface area contributed by atoms with Gasteiger partial charge in [0.15, 0.2) is 0 Å². The van der Waals surface area contributed by atoms with Crippen LogP contribution in [-0.2, 0) is 4.74 Å². The van der Waals surface area contributed by atoms with Crippen molar-refractivity contribution in [3.8, 4) is 0 Å². The van der Waals surface area contributed by atoms with Crippen LogP contribution in [0.2, 0.25) is 0 Å². The summed E-state index contributed by atoms with van der Waals surface area (Å²) in [5.41, 5.74) is 2.34. The van der Waals surface area contributed by atoms with E-state index < -0.39 is 0 Å². The van der Waals surface area contributed by atoms with E-state index in [9.17, 15) is 0 Å². The Bertz CT molecular complexity index is 579. The predicted octanol–water partition coefficient (Wildman–Crippen LogP) is 3.45. The van der Waals surface area contributed by atoms with Crippen LogP contribution in [0.15, 0.2) is 36.5 Å². The van der Waals surface area contributed by atoms with Crippen LogP contribution < -0.4 is 5.32 Å². The van der Waals surface area contributed by atoms with Crippen molar-refractivity contribution in [2.45, 2.75) is 44.9 Å². The zero-order chi connectivity index (χ0) is 13.9. The Morgan fingerprint density at radius 1 is 1.30 bits per heavy atom. The van der Waals surface area contributed by atoms with E-state index in [1.54, 1.807) is 0 Å². The number of likely N-dealkylation sites (N-methyl/N-ethyl adjacent to an activating group) is 1. The van der Waals surface area contributed by atoms with Crippen molar-refractivity contribution in [2.75, 3.05) is 6.54 Å². The van der Waals surface area contributed by atoms with Crippen LogP contribution >= 0.6 is 0 Å². The highest BCUT2D eigenvalue weighted by Gasteiger charge is 2.31. The number of para-hydroxylation sites is 1. The number of ether oxygens (including phenoxy) is 1. The van der Waals surface area contributed by atoms with Crippen LogP contribution in [0, 0.1) is 0 Å². The Hall–Kier alpha value is -1.45. The number of hydrogen-bond donors (Lipinski definition) is 1. The fourth-order valence-corrected chi connectivity index (χ4v) is 3.12. The molecule has 1 aliphatic heterocycles. The molecule has 1 fully saturated rings. The van der Waals surface area contributed by atoms with Crippen LogP contribution in [0.5, 0.6) is 0 Å². The summed E-state index contributed by atoms with van der Waals surface area (Å²) < 4.78 is 6.09. The van der Waals surface area contributed by atoms with Crippen molar-refractivity contribution in [3.63, 3.8) is 0 Å². The molecule has 20 heavy (non-hydrogen) atoms. The van der Waals surface area contributed by atoms with Gasteiger partial charge in [-0.25, -0.2) is 0 Å². The molecule has 0 radical (unpaired) electrons. The maximum Gasteiger partial charge on any atom is 0.0775 e. The lowest BCUT2D eigenvalue weighted by molar-refractivity contribution is 0.0322. The Morgan fingerprint density at radius 2 is 2.15 bits per heavy atom. The number of nitrogens with one attached hydrogen (secondary N) is 1. The molecule has 3 unspecified atom stereocenters. The number of aromatic nitrogens is 1. The molecule has 3 rings (SSSR count). The van der Waals surface area contributed by atoms with Gasteiger partial charge in [-0.1, -0.05) is 31.2 Å². The van der Waals surface area contributed by atoms with Gasteiger partial charge in [-0.15, -0.1) is 0 Å². The summed E-state index contributed by atoms with van der Waals surface area (Å²) in [5.74, 6) is 0. The molecule has 2 aromatic rings. The normalized spacial score (nSPS) is 24.1. The minimum Gasteiger partial charge on any atom is -0.373 e. The van der Waals surface area contributed by atoms with Gasteiger partial charge in [0.2, 0.25) is 0 Å². The zero-order valence-electron chi connectivity index (χ0n) is 12.2. The lowest BCUT2D eigenvalue weighted by Crippen LogP contribution is -2.32. The number of rotatable bonds is 4. The van der Waals surface area contributed by atoms with E-state index in [4.69, 9.17) is 4.74 Å². The lowest BCUT2D eigenvalue weighted by atomic mass is 9.96. The van der Waals surface area contributed by atoms with Gasteiger partial charge in [-0.05, 0) is 37.9 Å². The molecule has 2 heterocycles. The third-order valence-corrected chi connectivity index (χ3v) is 4.06. The summed E-state index contributed by atoms with van der Waals surface area (Å²) in [4.78, 5) is 4.58. The van der Waals surface area contributed by atoms with Gasteiger partial charge in [0.1, 0.15) is 0 Å². The van der Waals surface area contributed by atoms with Crippen molar-refractivity contribution in [1.82, 2.24) is 10.3 Å². The van der Waals surface area contributed by atoms with E-state index in [1.807, 2.05) is 12.3 Å².